The molecule has 0 fully saturated rings. The smallest absolute Gasteiger partial charge is 0.392 e. The number of alkyl halides is 3. The highest BCUT2D eigenvalue weighted by Gasteiger charge is 2.45. The topological polar surface area (TPSA) is 37.3 Å². The average molecular weight is 317 g/mol. The van der Waals surface area contributed by atoms with Gasteiger partial charge in [0.2, 0.25) is 0 Å². The molecule has 0 amide bonds. The molecule has 0 unspecified atom stereocenters. The average Bonchev–Trinajstić information content (AvgIpc) is 2.38. The molecule has 1 N–H and O–H groups in total. The van der Waals surface area contributed by atoms with Gasteiger partial charge in [-0.2, -0.15) is 13.2 Å². The molecular formula is C15H12ClF3O2. The molecule has 0 heterocycles. The van der Waals surface area contributed by atoms with Gasteiger partial charge in [-0.3, -0.25) is 4.79 Å². The molecule has 0 bridgehead atoms. The Bertz CT molecular complexity index is 682. The molecule has 0 aromatic heterocycles. The van der Waals surface area contributed by atoms with Crippen LogP contribution < -0.4 is 0 Å². The summed E-state index contributed by atoms with van der Waals surface area (Å²) >= 11 is 6.01. The summed E-state index contributed by atoms with van der Waals surface area (Å²) in [7, 11) is 0. The first-order chi connectivity index (χ1) is 9.71. The number of carboxylic acid groups (broad SMARTS) is 1. The van der Waals surface area contributed by atoms with E-state index in [9.17, 15) is 18.0 Å². The fourth-order valence-corrected chi connectivity index (χ4v) is 2.52. The van der Waals surface area contributed by atoms with Crippen LogP contribution in [0.2, 0.25) is 5.02 Å². The predicted octanol–water partition coefficient (Wildman–Crippen LogP) is 4.86. The molecule has 2 nitrogen and oxygen atoms in total. The lowest BCUT2D eigenvalue weighted by Crippen LogP contribution is -2.31. The summed E-state index contributed by atoms with van der Waals surface area (Å²) in [6, 6.07) is 9.48. The number of fused-ring (bicyclic) bond motifs is 1. The number of aliphatic carboxylic acids is 1. The van der Waals surface area contributed by atoms with E-state index in [0.717, 1.165) is 12.3 Å². The number of hydrogen-bond donors (Lipinski definition) is 1. The van der Waals surface area contributed by atoms with Gasteiger partial charge < -0.3 is 5.11 Å². The third kappa shape index (κ3) is 3.13. The van der Waals surface area contributed by atoms with E-state index < -0.39 is 24.0 Å². The van der Waals surface area contributed by atoms with E-state index in [2.05, 4.69) is 0 Å². The van der Waals surface area contributed by atoms with Crippen molar-refractivity contribution in [2.75, 3.05) is 0 Å². The number of halogens is 4. The highest BCUT2D eigenvalue weighted by atomic mass is 35.5. The normalized spacial score (nSPS) is 14.9. The van der Waals surface area contributed by atoms with Crippen LogP contribution in [0, 0.1) is 5.92 Å². The lowest BCUT2D eigenvalue weighted by Gasteiger charge is -2.23. The fraction of sp³-hybridized carbons (Fsp3) is 0.267. The molecule has 0 aliphatic heterocycles. The highest BCUT2D eigenvalue weighted by molar-refractivity contribution is 6.35. The van der Waals surface area contributed by atoms with Crippen LogP contribution >= 0.6 is 11.6 Å². The molecule has 2 aromatic rings. The highest BCUT2D eigenvalue weighted by Crippen LogP contribution is 2.38. The van der Waals surface area contributed by atoms with E-state index in [1.807, 2.05) is 0 Å². The maximum absolute atomic E-state index is 12.8. The van der Waals surface area contributed by atoms with Gasteiger partial charge in [0.25, 0.3) is 0 Å². The first kappa shape index (κ1) is 15.6. The Hall–Kier alpha value is -1.75. The van der Waals surface area contributed by atoms with Gasteiger partial charge in [0.05, 0.1) is 11.8 Å². The number of hydrogen-bond acceptors (Lipinski definition) is 1. The summed E-state index contributed by atoms with van der Waals surface area (Å²) < 4.78 is 38.5. The second kappa shape index (κ2) is 5.56. The van der Waals surface area contributed by atoms with E-state index in [4.69, 9.17) is 16.7 Å². The van der Waals surface area contributed by atoms with Gasteiger partial charge in [-0.15, -0.1) is 0 Å². The lowest BCUT2D eigenvalue weighted by molar-refractivity contribution is -0.183. The van der Waals surface area contributed by atoms with Crippen molar-refractivity contribution in [1.29, 1.82) is 0 Å². The molecule has 0 saturated carbocycles. The molecule has 2 atom stereocenters. The Morgan fingerprint density at radius 2 is 1.90 bits per heavy atom. The zero-order valence-corrected chi connectivity index (χ0v) is 11.7. The molecule has 112 valence electrons. The largest absolute Gasteiger partial charge is 0.481 e. The van der Waals surface area contributed by atoms with Gasteiger partial charge in [0, 0.05) is 10.4 Å². The minimum atomic E-state index is -4.58. The second-order valence-electron chi connectivity index (χ2n) is 4.87. The molecule has 0 radical (unpaired) electrons. The first-order valence-electron chi connectivity index (χ1n) is 6.19. The maximum atomic E-state index is 12.8. The van der Waals surface area contributed by atoms with Crippen molar-refractivity contribution in [1.82, 2.24) is 0 Å². The van der Waals surface area contributed by atoms with Gasteiger partial charge in [-0.1, -0.05) is 42.8 Å². The van der Waals surface area contributed by atoms with Crippen molar-refractivity contribution >= 4 is 28.3 Å². The number of carboxylic acids is 1. The van der Waals surface area contributed by atoms with Crippen molar-refractivity contribution in [2.24, 2.45) is 5.92 Å². The van der Waals surface area contributed by atoms with Crippen LogP contribution in [0.5, 0.6) is 0 Å². The lowest BCUT2D eigenvalue weighted by atomic mass is 9.86. The fourth-order valence-electron chi connectivity index (χ4n) is 2.28. The molecule has 2 rings (SSSR count). The minimum Gasteiger partial charge on any atom is -0.481 e. The van der Waals surface area contributed by atoms with Crippen molar-refractivity contribution in [3.63, 3.8) is 0 Å². The summed E-state index contributed by atoms with van der Waals surface area (Å²) in [5.41, 5.74) is 0.0907. The SMILES string of the molecule is C[C@H]([C@H](C(=O)O)c1ccc2cccc(Cl)c2c1)C(F)(F)F. The van der Waals surface area contributed by atoms with Crippen LogP contribution in [0.25, 0.3) is 10.8 Å². The van der Waals surface area contributed by atoms with Crippen LogP contribution in [0.1, 0.15) is 18.4 Å². The van der Waals surface area contributed by atoms with E-state index >= 15 is 0 Å². The predicted molar refractivity (Wildman–Crippen MR) is 74.6 cm³/mol. The Morgan fingerprint density at radius 3 is 2.48 bits per heavy atom. The van der Waals surface area contributed by atoms with Gasteiger partial charge in [0.15, 0.2) is 0 Å². The third-order valence-corrected chi connectivity index (χ3v) is 3.82. The summed E-state index contributed by atoms with van der Waals surface area (Å²) in [5.74, 6) is -5.16. The van der Waals surface area contributed by atoms with Crippen LogP contribution in [-0.2, 0) is 4.79 Å². The molecule has 21 heavy (non-hydrogen) atoms. The molecule has 0 aliphatic rings. The molecule has 0 spiro atoms. The zero-order valence-electron chi connectivity index (χ0n) is 11.0. The summed E-state index contributed by atoms with van der Waals surface area (Å²) in [6.07, 6.45) is -4.58. The van der Waals surface area contributed by atoms with E-state index in [1.54, 1.807) is 24.3 Å². The van der Waals surface area contributed by atoms with Crippen molar-refractivity contribution in [3.8, 4) is 0 Å². The first-order valence-corrected chi connectivity index (χ1v) is 6.57. The Morgan fingerprint density at radius 1 is 1.24 bits per heavy atom. The monoisotopic (exact) mass is 316 g/mol. The molecule has 0 aliphatic carbocycles. The number of benzene rings is 2. The molecule has 6 heteroatoms. The van der Waals surface area contributed by atoms with Crippen LogP contribution in [0.4, 0.5) is 13.2 Å². The van der Waals surface area contributed by atoms with E-state index in [0.29, 0.717) is 10.4 Å². The van der Waals surface area contributed by atoms with Crippen LogP contribution in [-0.4, -0.2) is 17.3 Å². The van der Waals surface area contributed by atoms with Gasteiger partial charge in [0.1, 0.15) is 0 Å². The van der Waals surface area contributed by atoms with Crippen molar-refractivity contribution in [2.45, 2.75) is 19.0 Å². The standard InChI is InChI=1S/C15H12ClF3O2/c1-8(15(17,18)19)13(14(20)21)10-6-5-9-3-2-4-12(16)11(9)7-10/h2-8,13H,1H3,(H,20,21)/t8-,13+/m1/s1. The van der Waals surface area contributed by atoms with Gasteiger partial charge >= 0.3 is 12.1 Å². The van der Waals surface area contributed by atoms with Crippen molar-refractivity contribution in [3.05, 3.63) is 47.0 Å². The van der Waals surface area contributed by atoms with Crippen molar-refractivity contribution < 1.29 is 23.1 Å². The third-order valence-electron chi connectivity index (χ3n) is 3.49. The number of rotatable bonds is 3. The summed E-state index contributed by atoms with van der Waals surface area (Å²) in [4.78, 5) is 11.3. The zero-order chi connectivity index (χ0) is 15.8. The molecule has 2 aromatic carbocycles. The molecular weight excluding hydrogens is 305 g/mol. The van der Waals surface area contributed by atoms with Crippen LogP contribution in [0.3, 0.4) is 0 Å². The molecule has 0 saturated heterocycles. The summed E-state index contributed by atoms with van der Waals surface area (Å²) in [6.45, 7) is 0.871. The Kier molecular flexibility index (Phi) is 4.14. The minimum absolute atomic E-state index is 0.0907. The van der Waals surface area contributed by atoms with Crippen LogP contribution in [0.15, 0.2) is 36.4 Å². The van der Waals surface area contributed by atoms with Gasteiger partial charge in [-0.05, 0) is 23.1 Å². The maximum Gasteiger partial charge on any atom is 0.392 e. The van der Waals surface area contributed by atoms with Gasteiger partial charge in [-0.25, -0.2) is 0 Å². The number of carbonyl (C=O) groups is 1. The second-order valence-corrected chi connectivity index (χ2v) is 5.27. The Labute approximate surface area is 124 Å². The van der Waals surface area contributed by atoms with E-state index in [-0.39, 0.29) is 5.56 Å². The quantitative estimate of drug-likeness (QED) is 0.878. The summed E-state index contributed by atoms with van der Waals surface area (Å²) in [5, 5.41) is 10.8. The Balaban J connectivity index is 2.56. The van der Waals surface area contributed by atoms with E-state index in [1.165, 1.54) is 12.1 Å².